The Labute approximate surface area is 93.6 Å². The average molecular weight is 221 g/mol. The van der Waals surface area contributed by atoms with E-state index in [0.29, 0.717) is 6.54 Å². The van der Waals surface area contributed by atoms with Crippen LogP contribution in [0.3, 0.4) is 0 Å². The van der Waals surface area contributed by atoms with Crippen LogP contribution in [0.4, 0.5) is 0 Å². The van der Waals surface area contributed by atoms with Gasteiger partial charge in [0.2, 0.25) is 0 Å². The number of hydrogen-bond acceptors (Lipinski definition) is 5. The van der Waals surface area contributed by atoms with Crippen molar-refractivity contribution >= 4 is 0 Å². The molecular formula is C10H15N5O. The maximum atomic E-state index is 5.08. The van der Waals surface area contributed by atoms with E-state index in [4.69, 9.17) is 4.52 Å². The first-order chi connectivity index (χ1) is 7.66. The van der Waals surface area contributed by atoms with Crippen LogP contribution in [0.15, 0.2) is 10.7 Å². The number of hydrogen-bond donors (Lipinski definition) is 1. The molecule has 0 saturated heterocycles. The highest BCUT2D eigenvalue weighted by atomic mass is 16.5. The summed E-state index contributed by atoms with van der Waals surface area (Å²) in [5, 5.41) is 15.0. The smallest absolute Gasteiger partial charge is 0.138 e. The highest BCUT2D eigenvalue weighted by Crippen LogP contribution is 2.11. The normalized spacial score (nSPS) is 10.9. The minimum Gasteiger partial charge on any atom is -0.361 e. The first-order valence-electron chi connectivity index (χ1n) is 5.14. The van der Waals surface area contributed by atoms with Crippen molar-refractivity contribution in [2.75, 3.05) is 0 Å². The Kier molecular flexibility index (Phi) is 3.00. The van der Waals surface area contributed by atoms with Crippen LogP contribution >= 0.6 is 0 Å². The lowest BCUT2D eigenvalue weighted by Crippen LogP contribution is -2.13. The molecule has 86 valence electrons. The highest BCUT2D eigenvalue weighted by Gasteiger charge is 2.08. The van der Waals surface area contributed by atoms with Crippen molar-refractivity contribution in [3.63, 3.8) is 0 Å². The van der Waals surface area contributed by atoms with Crippen LogP contribution in [0, 0.1) is 13.8 Å². The van der Waals surface area contributed by atoms with Crippen LogP contribution in [-0.2, 0) is 20.1 Å². The Morgan fingerprint density at radius 1 is 1.38 bits per heavy atom. The van der Waals surface area contributed by atoms with Gasteiger partial charge in [0.1, 0.15) is 5.76 Å². The van der Waals surface area contributed by atoms with Crippen molar-refractivity contribution in [1.29, 1.82) is 0 Å². The van der Waals surface area contributed by atoms with E-state index in [0.717, 1.165) is 29.3 Å². The maximum absolute atomic E-state index is 5.08. The summed E-state index contributed by atoms with van der Waals surface area (Å²) in [6, 6.07) is 0. The molecule has 0 unspecified atom stereocenters. The molecule has 0 saturated carbocycles. The lowest BCUT2D eigenvalue weighted by atomic mass is 10.2. The van der Waals surface area contributed by atoms with E-state index in [-0.39, 0.29) is 0 Å². The molecule has 6 nitrogen and oxygen atoms in total. The van der Waals surface area contributed by atoms with Gasteiger partial charge in [-0.05, 0) is 13.8 Å². The molecule has 0 aliphatic rings. The Morgan fingerprint density at radius 3 is 2.75 bits per heavy atom. The topological polar surface area (TPSA) is 68.8 Å². The Morgan fingerprint density at radius 2 is 2.19 bits per heavy atom. The summed E-state index contributed by atoms with van der Waals surface area (Å²) in [6.07, 6.45) is 1.89. The summed E-state index contributed by atoms with van der Waals surface area (Å²) in [6.45, 7) is 5.28. The second-order valence-corrected chi connectivity index (χ2v) is 3.79. The molecule has 16 heavy (non-hydrogen) atoms. The second kappa shape index (κ2) is 4.44. The summed E-state index contributed by atoms with van der Waals surface area (Å²) in [7, 11) is 1.85. The molecule has 1 N–H and O–H groups in total. The molecule has 0 amide bonds. The van der Waals surface area contributed by atoms with Gasteiger partial charge >= 0.3 is 0 Å². The monoisotopic (exact) mass is 221 g/mol. The molecular weight excluding hydrogens is 206 g/mol. The van der Waals surface area contributed by atoms with E-state index >= 15 is 0 Å². The molecule has 0 radical (unpaired) electrons. The highest BCUT2D eigenvalue weighted by molar-refractivity contribution is 5.20. The van der Waals surface area contributed by atoms with Crippen LogP contribution in [0.1, 0.15) is 22.7 Å². The van der Waals surface area contributed by atoms with Gasteiger partial charge in [0.25, 0.3) is 0 Å². The van der Waals surface area contributed by atoms with Crippen molar-refractivity contribution in [1.82, 2.24) is 25.5 Å². The lowest BCUT2D eigenvalue weighted by molar-refractivity contribution is 0.392. The largest absolute Gasteiger partial charge is 0.361 e. The second-order valence-electron chi connectivity index (χ2n) is 3.79. The van der Waals surface area contributed by atoms with Gasteiger partial charge in [-0.2, -0.15) is 0 Å². The maximum Gasteiger partial charge on any atom is 0.138 e. The number of aromatic nitrogens is 4. The zero-order chi connectivity index (χ0) is 11.5. The molecule has 0 aromatic carbocycles. The van der Waals surface area contributed by atoms with Gasteiger partial charge in [0.05, 0.1) is 11.4 Å². The van der Waals surface area contributed by atoms with Crippen LogP contribution in [0.5, 0.6) is 0 Å². The summed E-state index contributed by atoms with van der Waals surface area (Å²) in [5.41, 5.74) is 2.97. The summed E-state index contributed by atoms with van der Waals surface area (Å²) >= 11 is 0. The quantitative estimate of drug-likeness (QED) is 0.823. The predicted molar refractivity (Wildman–Crippen MR) is 57.5 cm³/mol. The van der Waals surface area contributed by atoms with Crippen LogP contribution in [-0.4, -0.2) is 20.2 Å². The Hall–Kier alpha value is -1.69. The van der Waals surface area contributed by atoms with Gasteiger partial charge in [-0.15, -0.1) is 5.10 Å². The molecule has 0 aliphatic heterocycles. The molecule has 2 aromatic heterocycles. The standard InChI is InChI=1S/C10H15N5O/c1-7-10(8(2)16-13-7)5-11-4-9-6-15(3)14-12-9/h6,11H,4-5H2,1-3H3. The number of aryl methyl sites for hydroxylation is 3. The van der Waals surface area contributed by atoms with Crippen LogP contribution in [0.25, 0.3) is 0 Å². The molecule has 0 bridgehead atoms. The average Bonchev–Trinajstić information content (AvgIpc) is 2.78. The Balaban J connectivity index is 1.89. The lowest BCUT2D eigenvalue weighted by Gasteiger charge is -2.01. The number of nitrogens with zero attached hydrogens (tertiary/aromatic N) is 4. The third-order valence-corrected chi connectivity index (χ3v) is 2.44. The molecule has 2 rings (SSSR count). The molecule has 0 atom stereocenters. The van der Waals surface area contributed by atoms with Gasteiger partial charge < -0.3 is 9.84 Å². The van der Waals surface area contributed by atoms with Crippen molar-refractivity contribution in [3.05, 3.63) is 28.9 Å². The summed E-state index contributed by atoms with van der Waals surface area (Å²) in [5.74, 6) is 0.865. The van der Waals surface area contributed by atoms with E-state index in [1.54, 1.807) is 4.68 Å². The van der Waals surface area contributed by atoms with Crippen molar-refractivity contribution in [2.45, 2.75) is 26.9 Å². The SMILES string of the molecule is Cc1noc(C)c1CNCc1cn(C)nn1. The third-order valence-electron chi connectivity index (χ3n) is 2.44. The molecule has 6 heteroatoms. The molecule has 0 aliphatic carbocycles. The first kappa shape index (κ1) is 10.8. The van der Waals surface area contributed by atoms with Crippen LogP contribution in [0.2, 0.25) is 0 Å². The minimum absolute atomic E-state index is 0.692. The number of nitrogens with one attached hydrogen (secondary N) is 1. The van der Waals surface area contributed by atoms with Crippen molar-refractivity contribution in [2.24, 2.45) is 7.05 Å². The number of rotatable bonds is 4. The molecule has 0 spiro atoms. The third kappa shape index (κ3) is 2.27. The van der Waals surface area contributed by atoms with Gasteiger partial charge in [0, 0.05) is 31.9 Å². The van der Waals surface area contributed by atoms with E-state index < -0.39 is 0 Å². The molecule has 2 heterocycles. The van der Waals surface area contributed by atoms with Gasteiger partial charge in [0.15, 0.2) is 0 Å². The summed E-state index contributed by atoms with van der Waals surface area (Å²) < 4.78 is 6.77. The van der Waals surface area contributed by atoms with Gasteiger partial charge in [-0.1, -0.05) is 10.4 Å². The van der Waals surface area contributed by atoms with Gasteiger partial charge in [-0.3, -0.25) is 4.68 Å². The zero-order valence-corrected chi connectivity index (χ0v) is 9.69. The van der Waals surface area contributed by atoms with E-state index in [2.05, 4.69) is 20.8 Å². The summed E-state index contributed by atoms with van der Waals surface area (Å²) in [4.78, 5) is 0. The fraction of sp³-hybridized carbons (Fsp3) is 0.500. The molecule has 0 fully saturated rings. The fourth-order valence-electron chi connectivity index (χ4n) is 1.55. The van der Waals surface area contributed by atoms with E-state index in [1.165, 1.54) is 0 Å². The first-order valence-corrected chi connectivity index (χ1v) is 5.14. The van der Waals surface area contributed by atoms with E-state index in [1.807, 2.05) is 27.1 Å². The van der Waals surface area contributed by atoms with Crippen LogP contribution < -0.4 is 5.32 Å². The Bertz CT molecular complexity index is 454. The molecule has 2 aromatic rings. The minimum atomic E-state index is 0.692. The predicted octanol–water partition coefficient (Wildman–Crippen LogP) is 0.710. The fourth-order valence-corrected chi connectivity index (χ4v) is 1.55. The van der Waals surface area contributed by atoms with Crippen molar-refractivity contribution < 1.29 is 4.52 Å². The van der Waals surface area contributed by atoms with Crippen molar-refractivity contribution in [3.8, 4) is 0 Å². The zero-order valence-electron chi connectivity index (χ0n) is 9.69. The van der Waals surface area contributed by atoms with E-state index in [9.17, 15) is 0 Å². The van der Waals surface area contributed by atoms with Gasteiger partial charge in [-0.25, -0.2) is 0 Å².